The third-order valence-corrected chi connectivity index (χ3v) is 3.68. The number of nitriles is 1. The number of nitrogens with zero attached hydrogens (tertiary/aromatic N) is 2. The van der Waals surface area contributed by atoms with Gasteiger partial charge < -0.3 is 0 Å². The summed E-state index contributed by atoms with van der Waals surface area (Å²) in [6.07, 6.45) is 9.66. The zero-order valence-electron chi connectivity index (χ0n) is 11.7. The SMILES string of the molecule is CCCN(Cc1ccc(C#N)cc1)C1C=CCCC1. The van der Waals surface area contributed by atoms with Gasteiger partial charge in [-0.1, -0.05) is 31.2 Å². The molecule has 1 aromatic carbocycles. The maximum absolute atomic E-state index is 8.83. The van der Waals surface area contributed by atoms with Gasteiger partial charge in [0.25, 0.3) is 0 Å². The van der Waals surface area contributed by atoms with Gasteiger partial charge in [-0.05, 0) is 49.9 Å². The molecule has 1 aromatic rings. The Labute approximate surface area is 116 Å². The molecule has 0 saturated carbocycles. The molecule has 19 heavy (non-hydrogen) atoms. The number of hydrogen-bond acceptors (Lipinski definition) is 2. The van der Waals surface area contributed by atoms with Crippen LogP contribution in [0.3, 0.4) is 0 Å². The molecule has 0 radical (unpaired) electrons. The van der Waals surface area contributed by atoms with E-state index >= 15 is 0 Å². The van der Waals surface area contributed by atoms with Gasteiger partial charge in [-0.15, -0.1) is 0 Å². The second kappa shape index (κ2) is 7.11. The summed E-state index contributed by atoms with van der Waals surface area (Å²) in [7, 11) is 0. The molecule has 0 fully saturated rings. The van der Waals surface area contributed by atoms with Gasteiger partial charge in [-0.2, -0.15) is 5.26 Å². The molecule has 0 saturated heterocycles. The Balaban J connectivity index is 2.04. The molecule has 1 aliphatic carbocycles. The Morgan fingerprint density at radius 1 is 1.32 bits per heavy atom. The highest BCUT2D eigenvalue weighted by atomic mass is 15.1. The monoisotopic (exact) mass is 254 g/mol. The molecule has 0 amide bonds. The number of benzene rings is 1. The Kier molecular flexibility index (Phi) is 5.18. The van der Waals surface area contributed by atoms with Crippen molar-refractivity contribution in [3.05, 3.63) is 47.5 Å². The number of allylic oxidation sites excluding steroid dienone is 1. The Morgan fingerprint density at radius 3 is 2.68 bits per heavy atom. The van der Waals surface area contributed by atoms with E-state index in [2.05, 4.69) is 42.2 Å². The van der Waals surface area contributed by atoms with Crippen molar-refractivity contribution in [3.63, 3.8) is 0 Å². The summed E-state index contributed by atoms with van der Waals surface area (Å²) in [6, 6.07) is 10.7. The Morgan fingerprint density at radius 2 is 2.11 bits per heavy atom. The van der Waals surface area contributed by atoms with Crippen LogP contribution in [0.5, 0.6) is 0 Å². The van der Waals surface area contributed by atoms with Crippen LogP contribution in [0.4, 0.5) is 0 Å². The smallest absolute Gasteiger partial charge is 0.0991 e. The highest BCUT2D eigenvalue weighted by molar-refractivity contribution is 5.31. The first-order chi connectivity index (χ1) is 9.33. The normalized spacial score (nSPS) is 18.5. The third-order valence-electron chi connectivity index (χ3n) is 3.68. The molecule has 1 atom stereocenters. The van der Waals surface area contributed by atoms with Gasteiger partial charge in [0.1, 0.15) is 0 Å². The summed E-state index contributed by atoms with van der Waals surface area (Å²) in [5.74, 6) is 0. The molecule has 0 spiro atoms. The zero-order valence-corrected chi connectivity index (χ0v) is 11.7. The fourth-order valence-corrected chi connectivity index (χ4v) is 2.67. The molecule has 2 heteroatoms. The topological polar surface area (TPSA) is 27.0 Å². The van der Waals surface area contributed by atoms with Crippen molar-refractivity contribution >= 4 is 0 Å². The van der Waals surface area contributed by atoms with E-state index in [4.69, 9.17) is 5.26 Å². The van der Waals surface area contributed by atoms with E-state index in [1.807, 2.05) is 12.1 Å². The van der Waals surface area contributed by atoms with Crippen LogP contribution in [-0.2, 0) is 6.54 Å². The largest absolute Gasteiger partial charge is 0.293 e. The minimum Gasteiger partial charge on any atom is -0.293 e. The van der Waals surface area contributed by atoms with Crippen LogP contribution in [0.1, 0.15) is 43.7 Å². The molecule has 0 heterocycles. The summed E-state index contributed by atoms with van der Waals surface area (Å²) >= 11 is 0. The van der Waals surface area contributed by atoms with Gasteiger partial charge in [0, 0.05) is 12.6 Å². The van der Waals surface area contributed by atoms with Crippen molar-refractivity contribution in [2.45, 2.75) is 45.2 Å². The number of rotatable bonds is 5. The summed E-state index contributed by atoms with van der Waals surface area (Å²) < 4.78 is 0. The van der Waals surface area contributed by atoms with Crippen molar-refractivity contribution in [1.29, 1.82) is 5.26 Å². The van der Waals surface area contributed by atoms with Crippen molar-refractivity contribution < 1.29 is 0 Å². The van der Waals surface area contributed by atoms with Gasteiger partial charge in [0.05, 0.1) is 11.6 Å². The van der Waals surface area contributed by atoms with Crippen LogP contribution in [0, 0.1) is 11.3 Å². The second-order valence-corrected chi connectivity index (χ2v) is 5.21. The minimum absolute atomic E-state index is 0.587. The Bertz CT molecular complexity index is 453. The van der Waals surface area contributed by atoms with Crippen LogP contribution in [0.25, 0.3) is 0 Å². The molecule has 2 nitrogen and oxygen atoms in total. The molecule has 1 aliphatic rings. The maximum atomic E-state index is 8.83. The van der Waals surface area contributed by atoms with Gasteiger partial charge >= 0.3 is 0 Å². The summed E-state index contributed by atoms with van der Waals surface area (Å²) in [5, 5.41) is 8.83. The fraction of sp³-hybridized carbons (Fsp3) is 0.471. The lowest BCUT2D eigenvalue weighted by Crippen LogP contribution is -2.35. The lowest BCUT2D eigenvalue weighted by molar-refractivity contribution is 0.205. The van der Waals surface area contributed by atoms with E-state index in [0.29, 0.717) is 6.04 Å². The zero-order chi connectivity index (χ0) is 13.5. The summed E-state index contributed by atoms with van der Waals surface area (Å²) in [4.78, 5) is 2.55. The summed E-state index contributed by atoms with van der Waals surface area (Å²) in [5.41, 5.74) is 2.04. The average molecular weight is 254 g/mol. The van der Waals surface area contributed by atoms with Gasteiger partial charge in [-0.3, -0.25) is 4.90 Å². The van der Waals surface area contributed by atoms with E-state index < -0.39 is 0 Å². The molecule has 0 N–H and O–H groups in total. The predicted octanol–water partition coefficient (Wildman–Crippen LogP) is 3.88. The highest BCUT2D eigenvalue weighted by Crippen LogP contribution is 2.19. The van der Waals surface area contributed by atoms with Crippen LogP contribution in [0.15, 0.2) is 36.4 Å². The molecular formula is C17H22N2. The first kappa shape index (κ1) is 13.8. The van der Waals surface area contributed by atoms with Crippen molar-refractivity contribution in [2.24, 2.45) is 0 Å². The molecule has 1 unspecified atom stereocenters. The minimum atomic E-state index is 0.587. The van der Waals surface area contributed by atoms with Gasteiger partial charge in [0.15, 0.2) is 0 Å². The molecule has 0 aromatic heterocycles. The quantitative estimate of drug-likeness (QED) is 0.746. The van der Waals surface area contributed by atoms with Crippen LogP contribution in [-0.4, -0.2) is 17.5 Å². The molecule has 0 aliphatic heterocycles. The van der Waals surface area contributed by atoms with E-state index in [1.165, 1.54) is 31.2 Å². The first-order valence-electron chi connectivity index (χ1n) is 7.23. The van der Waals surface area contributed by atoms with Gasteiger partial charge in [0.2, 0.25) is 0 Å². The van der Waals surface area contributed by atoms with E-state index in [1.54, 1.807) is 0 Å². The first-order valence-corrected chi connectivity index (χ1v) is 7.23. The van der Waals surface area contributed by atoms with Crippen molar-refractivity contribution in [2.75, 3.05) is 6.54 Å². The van der Waals surface area contributed by atoms with Crippen molar-refractivity contribution in [3.8, 4) is 6.07 Å². The second-order valence-electron chi connectivity index (χ2n) is 5.21. The fourth-order valence-electron chi connectivity index (χ4n) is 2.67. The molecule has 0 bridgehead atoms. The van der Waals surface area contributed by atoms with E-state index in [-0.39, 0.29) is 0 Å². The average Bonchev–Trinajstić information content (AvgIpc) is 2.48. The van der Waals surface area contributed by atoms with E-state index in [9.17, 15) is 0 Å². The molecule has 2 rings (SSSR count). The standard InChI is InChI=1S/C17H22N2/c1-2-12-19(17-6-4-3-5-7-17)14-16-10-8-15(13-18)9-11-16/h4,6,8-11,17H,2-3,5,7,12,14H2,1H3. The van der Waals surface area contributed by atoms with Crippen LogP contribution in [0.2, 0.25) is 0 Å². The van der Waals surface area contributed by atoms with Gasteiger partial charge in [-0.25, -0.2) is 0 Å². The summed E-state index contributed by atoms with van der Waals surface area (Å²) in [6.45, 7) is 4.35. The van der Waals surface area contributed by atoms with Crippen LogP contribution >= 0.6 is 0 Å². The third kappa shape index (κ3) is 3.94. The molecular weight excluding hydrogens is 232 g/mol. The van der Waals surface area contributed by atoms with E-state index in [0.717, 1.165) is 18.7 Å². The number of hydrogen-bond donors (Lipinski definition) is 0. The highest BCUT2D eigenvalue weighted by Gasteiger charge is 2.17. The lowest BCUT2D eigenvalue weighted by Gasteiger charge is -2.31. The molecule has 100 valence electrons. The van der Waals surface area contributed by atoms with Crippen molar-refractivity contribution in [1.82, 2.24) is 4.90 Å². The lowest BCUT2D eigenvalue weighted by atomic mass is 10.0. The Hall–Kier alpha value is -1.59. The van der Waals surface area contributed by atoms with Crippen LogP contribution < -0.4 is 0 Å². The maximum Gasteiger partial charge on any atom is 0.0991 e. The predicted molar refractivity (Wildman–Crippen MR) is 78.6 cm³/mol.